The van der Waals surface area contributed by atoms with Gasteiger partial charge in [-0.25, -0.2) is 0 Å². The monoisotopic (exact) mass is 265 g/mol. The molecule has 1 rings (SSSR count). The minimum atomic E-state index is -4.50. The van der Waals surface area contributed by atoms with Gasteiger partial charge in [-0.15, -0.1) is 0 Å². The van der Waals surface area contributed by atoms with E-state index in [0.29, 0.717) is 13.1 Å². The lowest BCUT2D eigenvalue weighted by atomic mass is 9.80. The van der Waals surface area contributed by atoms with Gasteiger partial charge in [0.1, 0.15) is 5.41 Å². The molecule has 0 aliphatic carbocycles. The molecule has 0 radical (unpaired) electrons. The van der Waals surface area contributed by atoms with Gasteiger partial charge in [0, 0.05) is 13.1 Å². The third-order valence-electron chi connectivity index (χ3n) is 3.94. The van der Waals surface area contributed by atoms with E-state index < -0.39 is 17.5 Å². The lowest BCUT2D eigenvalue weighted by Gasteiger charge is -2.32. The molecule has 1 amide bonds. The van der Waals surface area contributed by atoms with Gasteiger partial charge >= 0.3 is 6.18 Å². The van der Waals surface area contributed by atoms with Crippen molar-refractivity contribution in [1.82, 2.24) is 4.90 Å². The van der Waals surface area contributed by atoms with E-state index in [-0.39, 0.29) is 11.3 Å². The molecule has 2 nitrogen and oxygen atoms in total. The molecule has 0 aromatic rings. The number of hydrogen-bond acceptors (Lipinski definition) is 1. The van der Waals surface area contributed by atoms with Crippen molar-refractivity contribution in [2.75, 3.05) is 13.1 Å². The van der Waals surface area contributed by atoms with Crippen molar-refractivity contribution >= 4 is 5.91 Å². The molecular formula is C13H22F3NO. The highest BCUT2D eigenvalue weighted by Crippen LogP contribution is 2.41. The molecule has 0 saturated carbocycles. The van der Waals surface area contributed by atoms with E-state index in [1.54, 1.807) is 0 Å². The standard InChI is InChI=1S/C13H22F3NO/c1-11(2,3)9-6-7-17(8-9)10(18)12(4,5)13(14,15)16/h9H,6-8H2,1-5H3. The van der Waals surface area contributed by atoms with Gasteiger partial charge in [-0.3, -0.25) is 4.79 Å². The summed E-state index contributed by atoms with van der Waals surface area (Å²) in [6.07, 6.45) is -3.72. The van der Waals surface area contributed by atoms with Crippen molar-refractivity contribution < 1.29 is 18.0 Å². The number of nitrogens with zero attached hydrogens (tertiary/aromatic N) is 1. The van der Waals surface area contributed by atoms with Crippen LogP contribution in [0.5, 0.6) is 0 Å². The van der Waals surface area contributed by atoms with Gasteiger partial charge in [0.2, 0.25) is 5.91 Å². The fraction of sp³-hybridized carbons (Fsp3) is 0.923. The van der Waals surface area contributed by atoms with E-state index in [2.05, 4.69) is 20.8 Å². The van der Waals surface area contributed by atoms with E-state index in [4.69, 9.17) is 0 Å². The van der Waals surface area contributed by atoms with Gasteiger partial charge in [0.05, 0.1) is 0 Å². The number of carbonyl (C=O) groups is 1. The zero-order chi connectivity index (χ0) is 14.4. The highest BCUT2D eigenvalue weighted by Gasteiger charge is 2.55. The average Bonchev–Trinajstić information content (AvgIpc) is 2.62. The van der Waals surface area contributed by atoms with Gasteiger partial charge in [-0.2, -0.15) is 13.2 Å². The van der Waals surface area contributed by atoms with Crippen molar-refractivity contribution in [3.63, 3.8) is 0 Å². The van der Waals surface area contributed by atoms with Gasteiger partial charge in [-0.1, -0.05) is 20.8 Å². The number of rotatable bonds is 1. The fourth-order valence-electron chi connectivity index (χ4n) is 2.17. The second-order valence-electron chi connectivity index (χ2n) is 6.73. The molecule has 106 valence electrons. The number of halogens is 3. The summed E-state index contributed by atoms with van der Waals surface area (Å²) < 4.78 is 38.5. The third kappa shape index (κ3) is 2.81. The Morgan fingerprint density at radius 2 is 1.61 bits per heavy atom. The second-order valence-corrected chi connectivity index (χ2v) is 6.73. The molecule has 1 aliphatic rings. The van der Waals surface area contributed by atoms with Crippen molar-refractivity contribution in [3.05, 3.63) is 0 Å². The van der Waals surface area contributed by atoms with Crippen LogP contribution in [0.25, 0.3) is 0 Å². The van der Waals surface area contributed by atoms with E-state index in [0.717, 1.165) is 20.3 Å². The molecule has 1 saturated heterocycles. The lowest BCUT2D eigenvalue weighted by molar-refractivity contribution is -0.216. The van der Waals surface area contributed by atoms with Crippen LogP contribution in [0.3, 0.4) is 0 Å². The van der Waals surface area contributed by atoms with E-state index in [1.807, 2.05) is 0 Å². The summed E-state index contributed by atoms with van der Waals surface area (Å²) in [5.74, 6) is -0.535. The summed E-state index contributed by atoms with van der Waals surface area (Å²) in [4.78, 5) is 13.4. The molecule has 1 fully saturated rings. The number of hydrogen-bond donors (Lipinski definition) is 0. The maximum atomic E-state index is 12.8. The molecule has 0 aromatic carbocycles. The molecule has 0 aromatic heterocycles. The molecular weight excluding hydrogens is 243 g/mol. The third-order valence-corrected chi connectivity index (χ3v) is 3.94. The molecule has 5 heteroatoms. The van der Waals surface area contributed by atoms with Gasteiger partial charge in [0.25, 0.3) is 0 Å². The molecule has 0 N–H and O–H groups in total. The van der Waals surface area contributed by atoms with Crippen LogP contribution in [-0.4, -0.2) is 30.1 Å². The van der Waals surface area contributed by atoms with Crippen LogP contribution >= 0.6 is 0 Å². The van der Waals surface area contributed by atoms with Gasteiger partial charge < -0.3 is 4.90 Å². The Kier molecular flexibility index (Phi) is 3.76. The lowest BCUT2D eigenvalue weighted by Crippen LogP contribution is -2.48. The SMILES string of the molecule is CC(C)(C)C1CCN(C(=O)C(C)(C)C(F)(F)F)C1. The quantitative estimate of drug-likeness (QED) is 0.711. The maximum absolute atomic E-state index is 12.8. The molecule has 18 heavy (non-hydrogen) atoms. The molecule has 1 unspecified atom stereocenters. The largest absolute Gasteiger partial charge is 0.402 e. The molecule has 1 atom stereocenters. The summed E-state index contributed by atoms with van der Waals surface area (Å²) in [6, 6.07) is 0. The van der Waals surface area contributed by atoms with Crippen LogP contribution < -0.4 is 0 Å². The first kappa shape index (κ1) is 15.3. The van der Waals surface area contributed by atoms with Crippen LogP contribution in [0.15, 0.2) is 0 Å². The number of carbonyl (C=O) groups excluding carboxylic acids is 1. The predicted molar refractivity (Wildman–Crippen MR) is 64.0 cm³/mol. The normalized spacial score (nSPS) is 22.4. The molecule has 1 aliphatic heterocycles. The average molecular weight is 265 g/mol. The molecule has 0 bridgehead atoms. The zero-order valence-electron chi connectivity index (χ0n) is 11.7. The Morgan fingerprint density at radius 3 is 1.94 bits per heavy atom. The summed E-state index contributed by atoms with van der Waals surface area (Å²) in [6.45, 7) is 8.95. The Morgan fingerprint density at radius 1 is 1.11 bits per heavy atom. The van der Waals surface area contributed by atoms with E-state index >= 15 is 0 Å². The summed E-state index contributed by atoms with van der Waals surface area (Å²) in [5, 5.41) is 0. The predicted octanol–water partition coefficient (Wildman–Crippen LogP) is 3.47. The number of likely N-dealkylation sites (tertiary alicyclic amines) is 1. The van der Waals surface area contributed by atoms with Crippen molar-refractivity contribution in [2.45, 2.75) is 47.2 Å². The highest BCUT2D eigenvalue weighted by atomic mass is 19.4. The molecule has 1 heterocycles. The van der Waals surface area contributed by atoms with Crippen LogP contribution in [0.2, 0.25) is 0 Å². The van der Waals surface area contributed by atoms with E-state index in [9.17, 15) is 18.0 Å². The first-order valence-corrected chi connectivity index (χ1v) is 6.23. The second kappa shape index (κ2) is 4.42. The van der Waals surface area contributed by atoms with Crippen LogP contribution in [0.4, 0.5) is 13.2 Å². The Bertz CT molecular complexity index is 328. The first-order chi connectivity index (χ1) is 7.87. The fourth-order valence-corrected chi connectivity index (χ4v) is 2.17. The van der Waals surface area contributed by atoms with Gasteiger partial charge in [-0.05, 0) is 31.6 Å². The van der Waals surface area contributed by atoms with Crippen molar-refractivity contribution in [2.24, 2.45) is 16.7 Å². The Labute approximate surface area is 107 Å². The van der Waals surface area contributed by atoms with Crippen molar-refractivity contribution in [1.29, 1.82) is 0 Å². The number of amides is 1. The maximum Gasteiger partial charge on any atom is 0.402 e. The summed E-state index contributed by atoms with van der Waals surface area (Å²) in [5.41, 5.74) is -2.27. The zero-order valence-corrected chi connectivity index (χ0v) is 11.7. The minimum absolute atomic E-state index is 0.0252. The molecule has 0 spiro atoms. The van der Waals surface area contributed by atoms with E-state index in [1.165, 1.54) is 4.90 Å². The Balaban J connectivity index is 2.78. The highest BCUT2D eigenvalue weighted by molar-refractivity contribution is 5.83. The van der Waals surface area contributed by atoms with Crippen molar-refractivity contribution in [3.8, 4) is 0 Å². The van der Waals surface area contributed by atoms with Gasteiger partial charge in [0.15, 0.2) is 0 Å². The number of alkyl halides is 3. The first-order valence-electron chi connectivity index (χ1n) is 6.23. The smallest absolute Gasteiger partial charge is 0.342 e. The topological polar surface area (TPSA) is 20.3 Å². The van der Waals surface area contributed by atoms with Crippen LogP contribution in [0.1, 0.15) is 41.0 Å². The van der Waals surface area contributed by atoms with Crippen LogP contribution in [-0.2, 0) is 4.79 Å². The Hall–Kier alpha value is -0.740. The van der Waals surface area contributed by atoms with Crippen LogP contribution in [0, 0.1) is 16.7 Å². The summed E-state index contributed by atoms with van der Waals surface area (Å²) >= 11 is 0. The summed E-state index contributed by atoms with van der Waals surface area (Å²) in [7, 11) is 0. The minimum Gasteiger partial charge on any atom is -0.342 e.